The molecule has 5 nitrogen and oxygen atoms in total. The molecule has 0 saturated heterocycles. The van der Waals surface area contributed by atoms with Crippen LogP contribution in [0.1, 0.15) is 18.1 Å². The van der Waals surface area contributed by atoms with Gasteiger partial charge in [0.25, 0.3) is 0 Å². The van der Waals surface area contributed by atoms with Crippen molar-refractivity contribution in [3.63, 3.8) is 0 Å². The highest BCUT2D eigenvalue weighted by molar-refractivity contribution is 8.14. The van der Waals surface area contributed by atoms with Crippen LogP contribution in [-0.4, -0.2) is 25.3 Å². The van der Waals surface area contributed by atoms with Gasteiger partial charge in [-0.05, 0) is 30.0 Å². The van der Waals surface area contributed by atoms with Gasteiger partial charge in [0.2, 0.25) is 5.95 Å². The van der Waals surface area contributed by atoms with Gasteiger partial charge in [0.1, 0.15) is 10.6 Å². The van der Waals surface area contributed by atoms with Gasteiger partial charge < -0.3 is 5.73 Å². The Labute approximate surface area is 162 Å². The van der Waals surface area contributed by atoms with Crippen LogP contribution in [0.4, 0.5) is 24.8 Å². The van der Waals surface area contributed by atoms with Crippen LogP contribution >= 0.6 is 23.4 Å². The molecule has 142 valence electrons. The van der Waals surface area contributed by atoms with E-state index in [1.807, 2.05) is 6.92 Å². The lowest BCUT2D eigenvalue weighted by Crippen LogP contribution is -2.05. The minimum atomic E-state index is -4.49. The first-order valence-electron chi connectivity index (χ1n) is 7.87. The van der Waals surface area contributed by atoms with Crippen LogP contribution in [-0.2, 0) is 13.2 Å². The highest BCUT2D eigenvalue weighted by atomic mass is 35.5. The van der Waals surface area contributed by atoms with Crippen molar-refractivity contribution in [3.05, 3.63) is 46.6 Å². The third-order valence-corrected chi connectivity index (χ3v) is 4.85. The van der Waals surface area contributed by atoms with Gasteiger partial charge in [-0.1, -0.05) is 18.5 Å². The fourth-order valence-electron chi connectivity index (χ4n) is 2.43. The summed E-state index contributed by atoms with van der Waals surface area (Å²) in [6.45, 7) is 1.95. The Balaban J connectivity index is 2.14. The predicted octanol–water partition coefficient (Wildman–Crippen LogP) is 5.05. The standard InChI is InChI=1S/C17H15ClF3N5S/c1-3-27-15(11-7-10(18)4-5-12(11)22)25-16-24-13-6-9(17(19,20)21)8-23-14(13)26(16)2/h4-8H,3,22H2,1-2H3. The molecule has 2 N–H and O–H groups in total. The lowest BCUT2D eigenvalue weighted by Gasteiger charge is -2.09. The van der Waals surface area contributed by atoms with E-state index >= 15 is 0 Å². The van der Waals surface area contributed by atoms with Crippen LogP contribution in [0, 0.1) is 0 Å². The number of nitrogen functional groups attached to an aromatic ring is 1. The molecule has 0 fully saturated rings. The van der Waals surface area contributed by atoms with Crippen molar-refractivity contribution >= 4 is 51.2 Å². The molecule has 27 heavy (non-hydrogen) atoms. The third kappa shape index (κ3) is 4.03. The average molecular weight is 414 g/mol. The Hall–Kier alpha value is -2.26. The number of nitrogens with zero attached hydrogens (tertiary/aromatic N) is 4. The molecule has 0 bridgehead atoms. The molecule has 0 unspecified atom stereocenters. The van der Waals surface area contributed by atoms with E-state index in [4.69, 9.17) is 17.3 Å². The number of halogens is 4. The van der Waals surface area contributed by atoms with Crippen LogP contribution in [0.25, 0.3) is 11.2 Å². The van der Waals surface area contributed by atoms with Crippen LogP contribution in [0.5, 0.6) is 0 Å². The molecule has 0 spiro atoms. The summed E-state index contributed by atoms with van der Waals surface area (Å²) in [4.78, 5) is 12.6. The van der Waals surface area contributed by atoms with Gasteiger partial charge in [0.05, 0.1) is 5.56 Å². The van der Waals surface area contributed by atoms with Gasteiger partial charge in [0.15, 0.2) is 5.65 Å². The second-order valence-electron chi connectivity index (χ2n) is 5.62. The summed E-state index contributed by atoms with van der Waals surface area (Å²) in [6.07, 6.45) is -3.70. The second kappa shape index (κ2) is 7.40. The molecule has 1 aromatic carbocycles. The normalized spacial score (nSPS) is 12.7. The Morgan fingerprint density at radius 2 is 2.07 bits per heavy atom. The fourth-order valence-corrected chi connectivity index (χ4v) is 3.35. The lowest BCUT2D eigenvalue weighted by molar-refractivity contribution is -0.137. The quantitative estimate of drug-likeness (QED) is 0.370. The molecule has 3 aromatic rings. The van der Waals surface area contributed by atoms with Gasteiger partial charge in [-0.2, -0.15) is 13.2 Å². The van der Waals surface area contributed by atoms with Crippen molar-refractivity contribution in [3.8, 4) is 0 Å². The molecule has 0 atom stereocenters. The topological polar surface area (TPSA) is 69.1 Å². The molecule has 3 rings (SSSR count). The number of aryl methyl sites for hydroxylation is 1. The SMILES string of the molecule is CCSC(=Nc1nc2cc(C(F)(F)F)cnc2n1C)c1cc(Cl)ccc1N. The van der Waals surface area contributed by atoms with Crippen molar-refractivity contribution in [1.82, 2.24) is 14.5 Å². The number of aromatic nitrogens is 3. The molecular weight excluding hydrogens is 399 g/mol. The van der Waals surface area contributed by atoms with Crippen LogP contribution < -0.4 is 5.73 Å². The number of anilines is 1. The van der Waals surface area contributed by atoms with Crippen molar-refractivity contribution in [2.75, 3.05) is 11.5 Å². The zero-order chi connectivity index (χ0) is 19.8. The van der Waals surface area contributed by atoms with E-state index in [1.54, 1.807) is 25.2 Å². The summed E-state index contributed by atoms with van der Waals surface area (Å²) in [5.41, 5.74) is 6.75. The number of aliphatic imine (C=N–C) groups is 1. The summed E-state index contributed by atoms with van der Waals surface area (Å²) in [5, 5.41) is 1.08. The number of hydrogen-bond donors (Lipinski definition) is 1. The van der Waals surface area contributed by atoms with Crippen LogP contribution in [0.2, 0.25) is 5.02 Å². The fraction of sp³-hybridized carbons (Fsp3) is 0.235. The maximum Gasteiger partial charge on any atom is 0.417 e. The number of nitrogens with two attached hydrogens (primary N) is 1. The van der Waals surface area contributed by atoms with E-state index in [0.717, 1.165) is 12.3 Å². The Morgan fingerprint density at radius 3 is 2.74 bits per heavy atom. The van der Waals surface area contributed by atoms with E-state index in [0.29, 0.717) is 32.7 Å². The van der Waals surface area contributed by atoms with Gasteiger partial charge >= 0.3 is 6.18 Å². The van der Waals surface area contributed by atoms with Gasteiger partial charge in [0, 0.05) is 29.5 Å². The summed E-state index contributed by atoms with van der Waals surface area (Å²) in [5.74, 6) is 0.942. The molecule has 2 aromatic heterocycles. The first-order valence-corrected chi connectivity index (χ1v) is 9.23. The van der Waals surface area contributed by atoms with Crippen molar-refractivity contribution in [1.29, 1.82) is 0 Å². The number of fused-ring (bicyclic) bond motifs is 1. The summed E-state index contributed by atoms with van der Waals surface area (Å²) in [7, 11) is 1.64. The highest BCUT2D eigenvalue weighted by Crippen LogP contribution is 2.32. The Bertz CT molecular complexity index is 1030. The average Bonchev–Trinajstić information content (AvgIpc) is 2.91. The van der Waals surface area contributed by atoms with Crippen molar-refractivity contribution < 1.29 is 13.2 Å². The van der Waals surface area contributed by atoms with E-state index in [9.17, 15) is 13.2 Å². The maximum atomic E-state index is 12.9. The van der Waals surface area contributed by atoms with E-state index in [-0.39, 0.29) is 11.5 Å². The first kappa shape index (κ1) is 19.5. The number of hydrogen-bond acceptors (Lipinski definition) is 5. The minimum Gasteiger partial charge on any atom is -0.398 e. The number of benzene rings is 1. The number of rotatable bonds is 3. The Kier molecular flexibility index (Phi) is 5.34. The predicted molar refractivity (Wildman–Crippen MR) is 104 cm³/mol. The Morgan fingerprint density at radius 1 is 1.33 bits per heavy atom. The van der Waals surface area contributed by atoms with E-state index in [2.05, 4.69) is 15.0 Å². The number of alkyl halides is 3. The molecule has 10 heteroatoms. The number of thioether (sulfide) groups is 1. The molecular formula is C17H15ClF3N5S. The third-order valence-electron chi connectivity index (χ3n) is 3.74. The van der Waals surface area contributed by atoms with E-state index in [1.165, 1.54) is 16.3 Å². The summed E-state index contributed by atoms with van der Waals surface area (Å²) in [6, 6.07) is 6.00. The molecule has 0 aliphatic heterocycles. The highest BCUT2D eigenvalue weighted by Gasteiger charge is 2.31. The van der Waals surface area contributed by atoms with Crippen LogP contribution in [0.15, 0.2) is 35.5 Å². The molecule has 0 aliphatic rings. The zero-order valence-electron chi connectivity index (χ0n) is 14.4. The first-order chi connectivity index (χ1) is 12.7. The van der Waals surface area contributed by atoms with Gasteiger partial charge in [-0.25, -0.2) is 15.0 Å². The molecule has 0 radical (unpaired) electrons. The molecule has 0 aliphatic carbocycles. The maximum absolute atomic E-state index is 12.9. The van der Waals surface area contributed by atoms with Gasteiger partial charge in [-0.15, -0.1) is 11.8 Å². The van der Waals surface area contributed by atoms with E-state index < -0.39 is 11.7 Å². The summed E-state index contributed by atoms with van der Waals surface area (Å²) < 4.78 is 40.3. The second-order valence-corrected chi connectivity index (χ2v) is 7.31. The number of pyridine rings is 1. The van der Waals surface area contributed by atoms with Crippen molar-refractivity contribution in [2.24, 2.45) is 12.0 Å². The monoisotopic (exact) mass is 413 g/mol. The smallest absolute Gasteiger partial charge is 0.398 e. The molecule has 2 heterocycles. The largest absolute Gasteiger partial charge is 0.417 e. The minimum absolute atomic E-state index is 0.117. The number of imidazole rings is 1. The van der Waals surface area contributed by atoms with Crippen LogP contribution in [0.3, 0.4) is 0 Å². The molecule has 0 saturated carbocycles. The van der Waals surface area contributed by atoms with Crippen molar-refractivity contribution in [2.45, 2.75) is 13.1 Å². The summed E-state index contributed by atoms with van der Waals surface area (Å²) >= 11 is 7.49. The van der Waals surface area contributed by atoms with Gasteiger partial charge in [-0.3, -0.25) is 4.57 Å². The lowest BCUT2D eigenvalue weighted by atomic mass is 10.2. The molecule has 0 amide bonds. The zero-order valence-corrected chi connectivity index (χ0v) is 16.0.